The molecule has 0 atom stereocenters. The van der Waals surface area contributed by atoms with Crippen molar-refractivity contribution < 1.29 is 27.9 Å². The highest BCUT2D eigenvalue weighted by Crippen LogP contribution is 2.25. The highest BCUT2D eigenvalue weighted by molar-refractivity contribution is 7.89. The predicted molar refractivity (Wildman–Crippen MR) is 74.8 cm³/mol. The molecule has 0 bridgehead atoms. The minimum absolute atomic E-state index is 0.168. The standard InChI is InChI=1S/C12H16N2O6S/c1-13-9-5-4-8(12(16)17)6-10(9)21(18,19)14(2)7-11(15)20-3/h4-6,13H,7H2,1-3H3,(H,16,17). The molecular formula is C12H16N2O6S. The third kappa shape index (κ3) is 3.70. The van der Waals surface area contributed by atoms with Gasteiger partial charge in [-0.1, -0.05) is 0 Å². The van der Waals surface area contributed by atoms with E-state index in [1.807, 2.05) is 0 Å². The van der Waals surface area contributed by atoms with E-state index in [4.69, 9.17) is 5.11 Å². The number of carboxylic acids is 1. The van der Waals surface area contributed by atoms with Crippen LogP contribution in [0, 0.1) is 0 Å². The van der Waals surface area contributed by atoms with Gasteiger partial charge in [0.1, 0.15) is 11.4 Å². The van der Waals surface area contributed by atoms with Crippen LogP contribution in [-0.4, -0.2) is 57.5 Å². The molecule has 8 nitrogen and oxygen atoms in total. The Bertz CT molecular complexity index is 656. The topological polar surface area (TPSA) is 113 Å². The van der Waals surface area contributed by atoms with Crippen LogP contribution < -0.4 is 5.32 Å². The first-order chi connectivity index (χ1) is 9.73. The van der Waals surface area contributed by atoms with E-state index in [2.05, 4.69) is 10.1 Å². The van der Waals surface area contributed by atoms with Crippen LogP contribution in [0.5, 0.6) is 0 Å². The minimum Gasteiger partial charge on any atom is -0.478 e. The van der Waals surface area contributed by atoms with Gasteiger partial charge in [-0.2, -0.15) is 4.31 Å². The Morgan fingerprint density at radius 3 is 2.48 bits per heavy atom. The number of carbonyl (C=O) groups is 2. The summed E-state index contributed by atoms with van der Waals surface area (Å²) in [6.45, 7) is -0.473. The van der Waals surface area contributed by atoms with Gasteiger partial charge < -0.3 is 15.2 Å². The highest BCUT2D eigenvalue weighted by atomic mass is 32.2. The number of esters is 1. The van der Waals surface area contributed by atoms with E-state index in [1.165, 1.54) is 26.2 Å². The summed E-state index contributed by atoms with van der Waals surface area (Å²) >= 11 is 0. The maximum absolute atomic E-state index is 12.4. The Kier molecular flexibility index (Phi) is 5.28. The molecule has 1 rings (SSSR count). The van der Waals surface area contributed by atoms with Gasteiger partial charge in [-0.05, 0) is 18.2 Å². The number of aromatic carboxylic acids is 1. The average molecular weight is 316 g/mol. The number of nitrogens with one attached hydrogen (secondary N) is 1. The van der Waals surface area contributed by atoms with Crippen LogP contribution in [0.4, 0.5) is 5.69 Å². The molecule has 0 aromatic heterocycles. The van der Waals surface area contributed by atoms with Gasteiger partial charge in [0.05, 0.1) is 18.4 Å². The normalized spacial score (nSPS) is 11.2. The molecule has 0 aliphatic heterocycles. The zero-order chi connectivity index (χ0) is 16.2. The summed E-state index contributed by atoms with van der Waals surface area (Å²) in [7, 11) is -0.174. The molecule has 2 N–H and O–H groups in total. The second-order valence-electron chi connectivity index (χ2n) is 4.10. The summed E-state index contributed by atoms with van der Waals surface area (Å²) in [4.78, 5) is 21.9. The highest BCUT2D eigenvalue weighted by Gasteiger charge is 2.27. The van der Waals surface area contributed by atoms with Crippen molar-refractivity contribution in [1.82, 2.24) is 4.31 Å². The molecule has 21 heavy (non-hydrogen) atoms. The van der Waals surface area contributed by atoms with E-state index >= 15 is 0 Å². The van der Waals surface area contributed by atoms with Gasteiger partial charge in [0, 0.05) is 14.1 Å². The van der Waals surface area contributed by atoms with Crippen molar-refractivity contribution in [3.8, 4) is 0 Å². The maximum Gasteiger partial charge on any atom is 0.335 e. The number of anilines is 1. The van der Waals surface area contributed by atoms with Gasteiger partial charge in [-0.15, -0.1) is 0 Å². The van der Waals surface area contributed by atoms with Gasteiger partial charge in [0.15, 0.2) is 0 Å². The molecule has 1 aromatic carbocycles. The first-order valence-electron chi connectivity index (χ1n) is 5.82. The quantitative estimate of drug-likeness (QED) is 0.722. The number of methoxy groups -OCH3 is 1. The van der Waals surface area contributed by atoms with Gasteiger partial charge in [0.2, 0.25) is 10.0 Å². The maximum atomic E-state index is 12.4. The molecule has 1 aromatic rings. The van der Waals surface area contributed by atoms with Crippen LogP contribution in [0.15, 0.2) is 23.1 Å². The third-order valence-electron chi connectivity index (χ3n) is 2.77. The summed E-state index contributed by atoms with van der Waals surface area (Å²) < 4.78 is 30.1. The second kappa shape index (κ2) is 6.55. The number of carboxylic acid groups (broad SMARTS) is 1. The summed E-state index contributed by atoms with van der Waals surface area (Å²) in [5.41, 5.74) is 0.0655. The van der Waals surface area contributed by atoms with Gasteiger partial charge in [-0.25, -0.2) is 13.2 Å². The fourth-order valence-corrected chi connectivity index (χ4v) is 2.91. The molecule has 0 aliphatic rings. The molecule has 116 valence electrons. The summed E-state index contributed by atoms with van der Waals surface area (Å²) in [5, 5.41) is 11.6. The lowest BCUT2D eigenvalue weighted by Gasteiger charge is -2.18. The second-order valence-corrected chi connectivity index (χ2v) is 6.12. The average Bonchev–Trinajstić information content (AvgIpc) is 2.45. The van der Waals surface area contributed by atoms with Gasteiger partial charge in [0.25, 0.3) is 0 Å². The predicted octanol–water partition coefficient (Wildman–Crippen LogP) is 0.220. The molecule has 0 aliphatic carbocycles. The van der Waals surface area contributed by atoms with Gasteiger partial charge in [-0.3, -0.25) is 4.79 Å². The van der Waals surface area contributed by atoms with Crippen molar-refractivity contribution in [2.75, 3.05) is 33.1 Å². The Balaban J connectivity index is 3.31. The minimum atomic E-state index is -4.04. The van der Waals surface area contributed by atoms with Crippen molar-refractivity contribution in [2.24, 2.45) is 0 Å². The summed E-state index contributed by atoms with van der Waals surface area (Å²) in [6.07, 6.45) is 0. The van der Waals surface area contributed by atoms with E-state index in [1.54, 1.807) is 0 Å². The number of benzene rings is 1. The fourth-order valence-electron chi connectivity index (χ4n) is 1.57. The molecule has 0 amide bonds. The first kappa shape index (κ1) is 16.9. The van der Waals surface area contributed by atoms with Crippen molar-refractivity contribution in [1.29, 1.82) is 0 Å². The van der Waals surface area contributed by atoms with E-state index in [0.717, 1.165) is 17.5 Å². The van der Waals surface area contributed by atoms with Crippen molar-refractivity contribution in [3.05, 3.63) is 23.8 Å². The lowest BCUT2D eigenvalue weighted by Crippen LogP contribution is -2.33. The molecule has 0 spiro atoms. The summed E-state index contributed by atoms with van der Waals surface area (Å²) in [6, 6.07) is 3.67. The SMILES string of the molecule is CNc1ccc(C(=O)O)cc1S(=O)(=O)N(C)CC(=O)OC. The van der Waals surface area contributed by atoms with Crippen molar-refractivity contribution >= 4 is 27.6 Å². The third-order valence-corrected chi connectivity index (χ3v) is 4.61. The van der Waals surface area contributed by atoms with Crippen LogP contribution in [0.25, 0.3) is 0 Å². The Labute approximate surface area is 122 Å². The van der Waals surface area contributed by atoms with Crippen LogP contribution in [0.1, 0.15) is 10.4 Å². The monoisotopic (exact) mass is 316 g/mol. The van der Waals surface area contributed by atoms with Crippen LogP contribution >= 0.6 is 0 Å². The number of hydrogen-bond acceptors (Lipinski definition) is 6. The smallest absolute Gasteiger partial charge is 0.335 e. The van der Waals surface area contributed by atoms with Gasteiger partial charge >= 0.3 is 11.9 Å². The number of sulfonamides is 1. The molecule has 0 fully saturated rings. The fraction of sp³-hybridized carbons (Fsp3) is 0.333. The number of likely N-dealkylation sites (N-methyl/N-ethyl adjacent to an activating group) is 1. The number of hydrogen-bond donors (Lipinski definition) is 2. The Morgan fingerprint density at radius 2 is 2.00 bits per heavy atom. The lowest BCUT2D eigenvalue weighted by atomic mass is 10.2. The largest absolute Gasteiger partial charge is 0.478 e. The molecule has 0 heterocycles. The van der Waals surface area contributed by atoms with Crippen molar-refractivity contribution in [2.45, 2.75) is 4.90 Å². The first-order valence-corrected chi connectivity index (χ1v) is 7.26. The van der Waals surface area contributed by atoms with Crippen LogP contribution in [0.3, 0.4) is 0 Å². The molecule has 0 saturated carbocycles. The molecule has 0 saturated heterocycles. The number of nitrogens with zero attached hydrogens (tertiary/aromatic N) is 1. The number of ether oxygens (including phenoxy) is 1. The van der Waals surface area contributed by atoms with E-state index in [-0.39, 0.29) is 16.1 Å². The van der Waals surface area contributed by atoms with Crippen LogP contribution in [0.2, 0.25) is 0 Å². The molecule has 0 radical (unpaired) electrons. The lowest BCUT2D eigenvalue weighted by molar-refractivity contribution is -0.140. The van der Waals surface area contributed by atoms with E-state index < -0.39 is 28.5 Å². The van der Waals surface area contributed by atoms with Crippen LogP contribution in [-0.2, 0) is 19.6 Å². The Morgan fingerprint density at radius 1 is 1.38 bits per heavy atom. The number of rotatable bonds is 6. The molecular weight excluding hydrogens is 300 g/mol. The zero-order valence-corrected chi connectivity index (χ0v) is 12.6. The van der Waals surface area contributed by atoms with Crippen molar-refractivity contribution in [3.63, 3.8) is 0 Å². The van der Waals surface area contributed by atoms with E-state index in [0.29, 0.717) is 0 Å². The molecule has 0 unspecified atom stereocenters. The zero-order valence-electron chi connectivity index (χ0n) is 11.8. The van der Waals surface area contributed by atoms with E-state index in [9.17, 15) is 18.0 Å². The molecule has 9 heteroatoms. The Hall–Kier alpha value is -2.13. The number of carbonyl (C=O) groups excluding carboxylic acids is 1. The summed E-state index contributed by atoms with van der Waals surface area (Å²) in [5.74, 6) is -1.97.